The van der Waals surface area contributed by atoms with Crippen LogP contribution in [-0.4, -0.2) is 47.7 Å². The molecule has 0 bridgehead atoms. The highest BCUT2D eigenvalue weighted by molar-refractivity contribution is 6.06. The fourth-order valence-corrected chi connectivity index (χ4v) is 3.89. The fourth-order valence-electron chi connectivity index (χ4n) is 3.89. The molecule has 0 spiro atoms. The minimum absolute atomic E-state index is 0.283. The summed E-state index contributed by atoms with van der Waals surface area (Å²) in [4.78, 5) is 26.1. The number of hydrogen-bond acceptors (Lipinski definition) is 4. The normalized spacial score (nSPS) is 17.3. The highest BCUT2D eigenvalue weighted by atomic mass is 16.4. The molecule has 7 heteroatoms. The quantitative estimate of drug-likeness (QED) is 0.548. The number of benzene rings is 2. The zero-order chi connectivity index (χ0) is 20.9. The van der Waals surface area contributed by atoms with Crippen molar-refractivity contribution < 1.29 is 14.7 Å². The lowest BCUT2D eigenvalue weighted by atomic mass is 10.0. The topological polar surface area (TPSA) is 93.7 Å². The second kappa shape index (κ2) is 9.17. The summed E-state index contributed by atoms with van der Waals surface area (Å²) >= 11 is 0. The van der Waals surface area contributed by atoms with Gasteiger partial charge in [-0.2, -0.15) is 0 Å². The predicted molar refractivity (Wildman–Crippen MR) is 118 cm³/mol. The second-order valence-electron chi connectivity index (χ2n) is 8.17. The van der Waals surface area contributed by atoms with E-state index in [0.717, 1.165) is 37.5 Å². The van der Waals surface area contributed by atoms with E-state index in [1.54, 1.807) is 36.4 Å². The summed E-state index contributed by atoms with van der Waals surface area (Å²) in [7, 11) is 0. The van der Waals surface area contributed by atoms with E-state index in [-0.39, 0.29) is 5.91 Å². The molecule has 1 aliphatic heterocycles. The van der Waals surface area contributed by atoms with E-state index in [1.807, 2.05) is 12.1 Å². The van der Waals surface area contributed by atoms with Crippen molar-refractivity contribution >= 4 is 29.1 Å². The molecule has 0 atom stereocenters. The lowest BCUT2D eigenvalue weighted by Gasteiger charge is -2.32. The largest absolute Gasteiger partial charge is 0.465 e. The smallest absolute Gasteiger partial charge is 0.409 e. The Labute approximate surface area is 176 Å². The number of amides is 2. The number of carbonyl (C=O) groups is 2. The summed E-state index contributed by atoms with van der Waals surface area (Å²) in [5.41, 5.74) is 2.29. The van der Waals surface area contributed by atoms with Gasteiger partial charge in [-0.3, -0.25) is 10.1 Å². The number of likely N-dealkylation sites (tertiary alicyclic amines) is 1. The van der Waals surface area contributed by atoms with Crippen molar-refractivity contribution in [3.63, 3.8) is 0 Å². The molecule has 2 aliphatic rings. The number of nitrogens with zero attached hydrogens (tertiary/aromatic N) is 1. The zero-order valence-corrected chi connectivity index (χ0v) is 16.9. The van der Waals surface area contributed by atoms with Crippen LogP contribution in [0.1, 0.15) is 36.0 Å². The maximum atomic E-state index is 12.6. The predicted octanol–water partition coefficient (Wildman–Crippen LogP) is 4.32. The average Bonchev–Trinajstić information content (AvgIpc) is 3.55. The van der Waals surface area contributed by atoms with Crippen LogP contribution in [-0.2, 0) is 0 Å². The van der Waals surface area contributed by atoms with E-state index >= 15 is 0 Å². The van der Waals surface area contributed by atoms with Gasteiger partial charge in [0.2, 0.25) is 0 Å². The summed E-state index contributed by atoms with van der Waals surface area (Å²) in [5, 5.41) is 17.6. The summed E-state index contributed by atoms with van der Waals surface area (Å²) in [6, 6.07) is 14.6. The summed E-state index contributed by atoms with van der Waals surface area (Å²) in [6.45, 7) is 3.57. The molecule has 0 unspecified atom stereocenters. The minimum atomic E-state index is -1.18. The van der Waals surface area contributed by atoms with Gasteiger partial charge in [0.1, 0.15) is 0 Å². The third-order valence-electron chi connectivity index (χ3n) is 5.74. The van der Waals surface area contributed by atoms with Crippen LogP contribution in [0.5, 0.6) is 0 Å². The Balaban J connectivity index is 1.30. The molecule has 2 aromatic rings. The number of piperidine rings is 1. The number of nitrogens with one attached hydrogen (secondary N) is 3. The van der Waals surface area contributed by atoms with E-state index in [1.165, 1.54) is 19.4 Å². The van der Waals surface area contributed by atoms with Crippen LogP contribution in [0.15, 0.2) is 48.5 Å². The van der Waals surface area contributed by atoms with Crippen LogP contribution in [0.2, 0.25) is 0 Å². The molecule has 1 saturated heterocycles. The third-order valence-corrected chi connectivity index (χ3v) is 5.74. The van der Waals surface area contributed by atoms with E-state index in [9.17, 15) is 9.59 Å². The molecule has 1 heterocycles. The molecule has 4 N–H and O–H groups in total. The monoisotopic (exact) mass is 408 g/mol. The van der Waals surface area contributed by atoms with Crippen LogP contribution >= 0.6 is 0 Å². The molecule has 2 amide bonds. The van der Waals surface area contributed by atoms with Crippen molar-refractivity contribution in [1.29, 1.82) is 0 Å². The highest BCUT2D eigenvalue weighted by Gasteiger charge is 2.27. The Morgan fingerprint density at radius 1 is 0.900 bits per heavy atom. The minimum Gasteiger partial charge on any atom is -0.465 e. The number of para-hydroxylation sites is 2. The van der Waals surface area contributed by atoms with Gasteiger partial charge in [-0.05, 0) is 68.0 Å². The van der Waals surface area contributed by atoms with Gasteiger partial charge in [-0.25, -0.2) is 4.79 Å². The Kier molecular flexibility index (Phi) is 6.18. The molecule has 2 fully saturated rings. The van der Waals surface area contributed by atoms with Gasteiger partial charge in [-0.1, -0.05) is 12.1 Å². The second-order valence-corrected chi connectivity index (χ2v) is 8.17. The Bertz CT molecular complexity index is 888. The molecule has 1 saturated carbocycles. The first-order valence-corrected chi connectivity index (χ1v) is 10.6. The van der Waals surface area contributed by atoms with Crippen molar-refractivity contribution in [3.05, 3.63) is 54.1 Å². The Morgan fingerprint density at radius 2 is 1.53 bits per heavy atom. The maximum absolute atomic E-state index is 12.6. The van der Waals surface area contributed by atoms with Crippen LogP contribution < -0.4 is 16.0 Å². The van der Waals surface area contributed by atoms with Gasteiger partial charge in [0.05, 0.1) is 11.4 Å². The van der Waals surface area contributed by atoms with Crippen LogP contribution in [0.3, 0.4) is 0 Å². The van der Waals surface area contributed by atoms with Gasteiger partial charge < -0.3 is 20.6 Å². The van der Waals surface area contributed by atoms with Crippen molar-refractivity contribution in [2.45, 2.75) is 31.7 Å². The molecular weight excluding hydrogens is 380 g/mol. The SMILES string of the molecule is O=C(O)Nc1ccccc1NC(=O)c1ccc(NC2CCN(CC3CC3)CC2)cc1. The van der Waals surface area contributed by atoms with Gasteiger partial charge in [0, 0.05) is 36.9 Å². The molecule has 158 valence electrons. The fraction of sp³-hybridized carbons (Fsp3) is 0.391. The van der Waals surface area contributed by atoms with Crippen LogP contribution in [0.25, 0.3) is 0 Å². The Morgan fingerprint density at radius 3 is 2.13 bits per heavy atom. The third kappa shape index (κ3) is 5.51. The molecule has 2 aromatic carbocycles. The van der Waals surface area contributed by atoms with Crippen molar-refractivity contribution in [1.82, 2.24) is 4.90 Å². The van der Waals surface area contributed by atoms with Crippen molar-refractivity contribution in [2.75, 3.05) is 35.6 Å². The maximum Gasteiger partial charge on any atom is 0.409 e. The molecule has 30 heavy (non-hydrogen) atoms. The van der Waals surface area contributed by atoms with E-state index < -0.39 is 6.09 Å². The van der Waals surface area contributed by atoms with E-state index in [0.29, 0.717) is 23.0 Å². The number of hydrogen-bond donors (Lipinski definition) is 4. The van der Waals surface area contributed by atoms with E-state index in [4.69, 9.17) is 5.11 Å². The van der Waals surface area contributed by atoms with Crippen molar-refractivity contribution in [2.24, 2.45) is 5.92 Å². The number of carboxylic acid groups (broad SMARTS) is 1. The first-order valence-electron chi connectivity index (χ1n) is 10.6. The molecular formula is C23H28N4O3. The zero-order valence-electron chi connectivity index (χ0n) is 16.9. The molecule has 0 aromatic heterocycles. The molecule has 1 aliphatic carbocycles. The lowest BCUT2D eigenvalue weighted by Crippen LogP contribution is -2.40. The standard InChI is InChI=1S/C23H28N4O3/c28-22(25-20-3-1-2-4-21(20)26-23(29)30)17-7-9-18(10-8-17)24-19-11-13-27(14-12-19)15-16-5-6-16/h1-4,7-10,16,19,24,26H,5-6,11-15H2,(H,25,28)(H,29,30). The van der Waals surface area contributed by atoms with Gasteiger partial charge in [-0.15, -0.1) is 0 Å². The summed E-state index contributed by atoms with van der Waals surface area (Å²) < 4.78 is 0. The number of anilines is 3. The molecule has 7 nitrogen and oxygen atoms in total. The van der Waals surface area contributed by atoms with Gasteiger partial charge >= 0.3 is 6.09 Å². The first-order chi connectivity index (χ1) is 14.6. The van der Waals surface area contributed by atoms with Crippen molar-refractivity contribution in [3.8, 4) is 0 Å². The van der Waals surface area contributed by atoms with E-state index in [2.05, 4.69) is 20.9 Å². The number of carbonyl (C=O) groups excluding carboxylic acids is 1. The van der Waals surface area contributed by atoms with Crippen LogP contribution in [0.4, 0.5) is 21.9 Å². The van der Waals surface area contributed by atoms with Gasteiger partial charge in [0.15, 0.2) is 0 Å². The Hall–Kier alpha value is -3.06. The summed E-state index contributed by atoms with van der Waals surface area (Å²) in [6.07, 6.45) is 3.91. The highest BCUT2D eigenvalue weighted by Crippen LogP contribution is 2.30. The lowest BCUT2D eigenvalue weighted by molar-refractivity contribution is 0.102. The van der Waals surface area contributed by atoms with Gasteiger partial charge in [0.25, 0.3) is 5.91 Å². The molecule has 0 radical (unpaired) electrons. The van der Waals surface area contributed by atoms with Crippen LogP contribution in [0, 0.1) is 5.92 Å². The molecule has 4 rings (SSSR count). The average molecular weight is 409 g/mol. The number of rotatable bonds is 7. The summed E-state index contributed by atoms with van der Waals surface area (Å²) in [5.74, 6) is 0.662. The first kappa shape index (κ1) is 20.2.